The number of benzene rings is 2. The van der Waals surface area contributed by atoms with E-state index in [9.17, 15) is 4.39 Å². The van der Waals surface area contributed by atoms with Crippen LogP contribution in [0.25, 0.3) is 0 Å². The lowest BCUT2D eigenvalue weighted by Crippen LogP contribution is -2.18. The Kier molecular flexibility index (Phi) is 5.13. The summed E-state index contributed by atoms with van der Waals surface area (Å²) in [6.45, 7) is 2.57. The molecule has 0 radical (unpaired) electrons. The third kappa shape index (κ3) is 4.13. The van der Waals surface area contributed by atoms with E-state index < -0.39 is 0 Å². The van der Waals surface area contributed by atoms with E-state index in [2.05, 4.69) is 56.2 Å². The van der Waals surface area contributed by atoms with Crippen molar-refractivity contribution >= 4 is 31.9 Å². The Morgan fingerprint density at radius 3 is 2.37 bits per heavy atom. The van der Waals surface area contributed by atoms with Crippen LogP contribution in [0, 0.1) is 5.82 Å². The highest BCUT2D eigenvalue weighted by Gasteiger charge is 2.07. The third-order valence-corrected chi connectivity index (χ3v) is 4.00. The molecule has 0 saturated heterocycles. The molecule has 2 aromatic rings. The molecule has 0 fully saturated rings. The number of rotatable bonds is 4. The van der Waals surface area contributed by atoms with Crippen molar-refractivity contribution in [2.45, 2.75) is 19.5 Å². The molecule has 2 aromatic carbocycles. The van der Waals surface area contributed by atoms with Crippen LogP contribution in [0.1, 0.15) is 24.1 Å². The van der Waals surface area contributed by atoms with Gasteiger partial charge in [0.05, 0.1) is 0 Å². The van der Waals surface area contributed by atoms with E-state index >= 15 is 0 Å². The fourth-order valence-electron chi connectivity index (χ4n) is 1.81. The highest BCUT2D eigenvalue weighted by atomic mass is 79.9. The van der Waals surface area contributed by atoms with Crippen LogP contribution in [-0.4, -0.2) is 0 Å². The molecule has 0 heterocycles. The minimum atomic E-state index is -0.182. The van der Waals surface area contributed by atoms with E-state index in [-0.39, 0.29) is 11.9 Å². The van der Waals surface area contributed by atoms with Gasteiger partial charge in [-0.2, -0.15) is 0 Å². The Morgan fingerprint density at radius 1 is 1.05 bits per heavy atom. The Bertz CT molecular complexity index is 555. The molecule has 1 N–H and O–H groups in total. The first kappa shape index (κ1) is 14.7. The van der Waals surface area contributed by atoms with Gasteiger partial charge in [0.25, 0.3) is 0 Å². The molecule has 0 bridgehead atoms. The van der Waals surface area contributed by atoms with Gasteiger partial charge in [0.1, 0.15) is 5.82 Å². The summed E-state index contributed by atoms with van der Waals surface area (Å²) in [5.41, 5.74) is 1.84. The smallest absolute Gasteiger partial charge is 0.127 e. The van der Waals surface area contributed by atoms with Crippen LogP contribution in [0.4, 0.5) is 4.39 Å². The van der Waals surface area contributed by atoms with Crippen LogP contribution in [0.2, 0.25) is 0 Å². The van der Waals surface area contributed by atoms with Crippen molar-refractivity contribution in [2.75, 3.05) is 0 Å². The molecule has 2 rings (SSSR count). The zero-order valence-corrected chi connectivity index (χ0v) is 13.6. The summed E-state index contributed by atoms with van der Waals surface area (Å²) < 4.78 is 15.6. The van der Waals surface area contributed by atoms with Crippen molar-refractivity contribution in [1.29, 1.82) is 0 Å². The molecule has 19 heavy (non-hydrogen) atoms. The SMILES string of the molecule is C[C@H](NCc1cc(Br)ccc1F)c1ccc(Br)cc1. The molecule has 100 valence electrons. The number of hydrogen-bond acceptors (Lipinski definition) is 1. The monoisotopic (exact) mass is 385 g/mol. The molecule has 0 spiro atoms. The summed E-state index contributed by atoms with van der Waals surface area (Å²) in [5, 5.41) is 3.33. The molecule has 1 nitrogen and oxygen atoms in total. The van der Waals surface area contributed by atoms with Crippen molar-refractivity contribution in [2.24, 2.45) is 0 Å². The minimum Gasteiger partial charge on any atom is -0.306 e. The zero-order valence-electron chi connectivity index (χ0n) is 10.5. The van der Waals surface area contributed by atoms with E-state index in [0.29, 0.717) is 12.1 Å². The molecular weight excluding hydrogens is 373 g/mol. The lowest BCUT2D eigenvalue weighted by atomic mass is 10.1. The van der Waals surface area contributed by atoms with E-state index in [0.717, 1.165) is 8.95 Å². The molecular formula is C15H14Br2FN. The molecule has 0 aromatic heterocycles. The first-order valence-corrected chi connectivity index (χ1v) is 7.57. The van der Waals surface area contributed by atoms with E-state index in [1.165, 1.54) is 11.6 Å². The van der Waals surface area contributed by atoms with Crippen LogP contribution in [0.3, 0.4) is 0 Å². The summed E-state index contributed by atoms with van der Waals surface area (Å²) in [6, 6.07) is 13.3. The predicted molar refractivity (Wildman–Crippen MR) is 83.5 cm³/mol. The summed E-state index contributed by atoms with van der Waals surface area (Å²) in [6.07, 6.45) is 0. The third-order valence-electron chi connectivity index (χ3n) is 2.98. The number of nitrogens with one attached hydrogen (secondary N) is 1. The van der Waals surface area contributed by atoms with Gasteiger partial charge in [-0.1, -0.05) is 44.0 Å². The fourth-order valence-corrected chi connectivity index (χ4v) is 2.48. The van der Waals surface area contributed by atoms with Crippen molar-refractivity contribution in [3.63, 3.8) is 0 Å². The quantitative estimate of drug-likeness (QED) is 0.761. The lowest BCUT2D eigenvalue weighted by Gasteiger charge is -2.15. The van der Waals surface area contributed by atoms with Crippen molar-refractivity contribution < 1.29 is 4.39 Å². The molecule has 0 amide bonds. The van der Waals surface area contributed by atoms with Gasteiger partial charge in [-0.15, -0.1) is 0 Å². The van der Waals surface area contributed by atoms with Gasteiger partial charge in [-0.25, -0.2) is 4.39 Å². The highest BCUT2D eigenvalue weighted by molar-refractivity contribution is 9.10. The topological polar surface area (TPSA) is 12.0 Å². The normalized spacial score (nSPS) is 12.4. The van der Waals surface area contributed by atoms with Gasteiger partial charge in [-0.05, 0) is 42.8 Å². The average Bonchev–Trinajstić information content (AvgIpc) is 2.40. The molecule has 0 saturated carbocycles. The second-order valence-electron chi connectivity index (χ2n) is 4.39. The summed E-state index contributed by atoms with van der Waals surface area (Å²) in [4.78, 5) is 0. The summed E-state index contributed by atoms with van der Waals surface area (Å²) >= 11 is 6.77. The largest absolute Gasteiger partial charge is 0.306 e. The van der Waals surface area contributed by atoms with Crippen LogP contribution in [-0.2, 0) is 6.54 Å². The van der Waals surface area contributed by atoms with E-state index in [4.69, 9.17) is 0 Å². The molecule has 4 heteroatoms. The maximum Gasteiger partial charge on any atom is 0.127 e. The minimum absolute atomic E-state index is 0.173. The second-order valence-corrected chi connectivity index (χ2v) is 6.22. The Balaban J connectivity index is 2.02. The summed E-state index contributed by atoms with van der Waals surface area (Å²) in [7, 11) is 0. The fraction of sp³-hybridized carbons (Fsp3) is 0.200. The maximum atomic E-state index is 13.6. The first-order valence-electron chi connectivity index (χ1n) is 5.99. The standard InChI is InChI=1S/C15H14Br2FN/c1-10(11-2-4-13(16)5-3-11)19-9-12-8-14(17)6-7-15(12)18/h2-8,10,19H,9H2,1H3/t10-/m0/s1. The Labute approximate surface area is 129 Å². The van der Waals surface area contributed by atoms with Gasteiger partial charge in [0.15, 0.2) is 0 Å². The predicted octanol–water partition coefficient (Wildman–Crippen LogP) is 5.20. The number of hydrogen-bond donors (Lipinski definition) is 1. The number of halogens is 3. The Morgan fingerprint density at radius 2 is 1.68 bits per heavy atom. The zero-order chi connectivity index (χ0) is 13.8. The van der Waals surface area contributed by atoms with Crippen LogP contribution in [0.15, 0.2) is 51.4 Å². The molecule has 0 unspecified atom stereocenters. The van der Waals surface area contributed by atoms with Crippen molar-refractivity contribution in [1.82, 2.24) is 5.32 Å². The highest BCUT2D eigenvalue weighted by Crippen LogP contribution is 2.19. The van der Waals surface area contributed by atoms with E-state index in [1.54, 1.807) is 12.1 Å². The maximum absolute atomic E-state index is 13.6. The van der Waals surface area contributed by atoms with Crippen molar-refractivity contribution in [3.05, 3.63) is 68.4 Å². The Hall–Kier alpha value is -0.710. The van der Waals surface area contributed by atoms with Gasteiger partial charge in [0.2, 0.25) is 0 Å². The van der Waals surface area contributed by atoms with Gasteiger partial charge in [-0.3, -0.25) is 0 Å². The van der Waals surface area contributed by atoms with Gasteiger partial charge in [0, 0.05) is 27.1 Å². The molecule has 0 aliphatic rings. The van der Waals surface area contributed by atoms with Crippen LogP contribution >= 0.6 is 31.9 Å². The van der Waals surface area contributed by atoms with Crippen LogP contribution in [0.5, 0.6) is 0 Å². The average molecular weight is 387 g/mol. The van der Waals surface area contributed by atoms with Crippen LogP contribution < -0.4 is 5.32 Å². The first-order chi connectivity index (χ1) is 9.06. The van der Waals surface area contributed by atoms with E-state index in [1.807, 2.05) is 12.1 Å². The van der Waals surface area contributed by atoms with Crippen molar-refractivity contribution in [3.8, 4) is 0 Å². The second kappa shape index (κ2) is 6.64. The molecule has 0 aliphatic heterocycles. The van der Waals surface area contributed by atoms with Gasteiger partial charge < -0.3 is 5.32 Å². The van der Waals surface area contributed by atoms with Gasteiger partial charge >= 0.3 is 0 Å². The summed E-state index contributed by atoms with van der Waals surface area (Å²) in [5.74, 6) is -0.182. The molecule has 1 atom stereocenters. The lowest BCUT2D eigenvalue weighted by molar-refractivity contribution is 0.544. The molecule has 0 aliphatic carbocycles.